The summed E-state index contributed by atoms with van der Waals surface area (Å²) in [7, 11) is -1.23. The van der Waals surface area contributed by atoms with Crippen molar-refractivity contribution in [3.63, 3.8) is 0 Å². The smallest absolute Gasteiger partial charge is 0.325 e. The first-order chi connectivity index (χ1) is 39.7. The molecule has 0 radical (unpaired) electrons. The van der Waals surface area contributed by atoms with Gasteiger partial charge >= 0.3 is 7.60 Å². The zero-order chi connectivity index (χ0) is 59.1. The van der Waals surface area contributed by atoms with Crippen LogP contribution in [0.1, 0.15) is 132 Å². The molecule has 4 atom stereocenters. The summed E-state index contributed by atoms with van der Waals surface area (Å²) in [5.41, 5.74) is 2.77. The van der Waals surface area contributed by atoms with E-state index in [9.17, 15) is 48.2 Å². The number of aliphatic hydroxyl groups is 1. The van der Waals surface area contributed by atoms with Gasteiger partial charge in [0.25, 0.3) is 11.8 Å². The van der Waals surface area contributed by atoms with Gasteiger partial charge in [0, 0.05) is 71.0 Å². The maximum Gasteiger partial charge on any atom is 0.325 e. The van der Waals surface area contributed by atoms with E-state index in [-0.39, 0.29) is 85.4 Å². The van der Waals surface area contributed by atoms with Crippen LogP contribution in [0.5, 0.6) is 0 Å². The predicted octanol–water partition coefficient (Wildman–Crippen LogP) is 8.48. The van der Waals surface area contributed by atoms with Crippen molar-refractivity contribution in [2.45, 2.75) is 83.6 Å². The van der Waals surface area contributed by atoms with Crippen LogP contribution in [0.3, 0.4) is 0 Å². The average molecular weight is 1260 g/mol. The zero-order valence-corrected chi connectivity index (χ0v) is 50.8. The van der Waals surface area contributed by atoms with E-state index in [1.807, 2.05) is 13.8 Å². The molecule has 83 heavy (non-hydrogen) atoms. The highest BCUT2D eigenvalue weighted by molar-refractivity contribution is 7.51. The van der Waals surface area contributed by atoms with Crippen LogP contribution in [0.25, 0.3) is 43.4 Å². The molecule has 1 aliphatic rings. The fourth-order valence-electron chi connectivity index (χ4n) is 8.71. The molecule has 8 heterocycles. The van der Waals surface area contributed by atoms with Crippen LogP contribution in [0.15, 0.2) is 64.0 Å². The van der Waals surface area contributed by atoms with E-state index in [1.54, 1.807) is 70.9 Å². The van der Waals surface area contributed by atoms with E-state index >= 15 is 0 Å². The van der Waals surface area contributed by atoms with Crippen LogP contribution >= 0.6 is 75.6 Å². The number of carbonyl (C=O) groups excluding carboxylic acids is 6. The Morgan fingerprint density at radius 2 is 1.46 bits per heavy atom. The first-order valence-corrected chi connectivity index (χ1v) is 32.7. The zero-order valence-electron chi connectivity index (χ0n) is 45.0. The van der Waals surface area contributed by atoms with E-state index in [0.717, 1.165) is 0 Å². The van der Waals surface area contributed by atoms with Gasteiger partial charge in [-0.3, -0.25) is 33.3 Å². The summed E-state index contributed by atoms with van der Waals surface area (Å²) >= 11 is 7.21. The minimum atomic E-state index is -4.19. The number of hydrogen-bond donors (Lipinski definition) is 8. The quantitative estimate of drug-likeness (QED) is 0.0373. The molecule has 0 fully saturated rings. The Balaban J connectivity index is 1.10. The topological polar surface area (TPSA) is 340 Å². The number of ether oxygens (including phenoxy) is 1. The van der Waals surface area contributed by atoms with Crippen LogP contribution < -0.4 is 26.6 Å². The second-order valence-corrected chi connectivity index (χ2v) is 26.9. The molecule has 434 valence electrons. The number of rotatable bonds is 14. The van der Waals surface area contributed by atoms with Crippen LogP contribution in [0, 0.1) is 12.8 Å². The van der Waals surface area contributed by atoms with E-state index < -0.39 is 61.9 Å². The van der Waals surface area contributed by atoms with Gasteiger partial charge in [-0.1, -0.05) is 44.2 Å². The third-order valence-electron chi connectivity index (χ3n) is 13.0. The summed E-state index contributed by atoms with van der Waals surface area (Å²) in [6.45, 7) is 5.13. The van der Waals surface area contributed by atoms with Gasteiger partial charge in [-0.15, -0.1) is 68.0 Å². The SMILES string of the molecule is CNC(=O)C[C@@H]1NC(=O)c2csc(n2)-c2ccc(-c3nc(NC(=O)CCCCP(=O)(O)O)cs3)nc2-c2csc(n2)-c2csc(n2)[C@H]([C@@H](O)c2ccccc2)NC(=O)CNC(=O)c2nc(sc2COC)[C@@H](C(C)C)CC(=O)c2nc1sc2C. The summed E-state index contributed by atoms with van der Waals surface area (Å²) in [5.74, 6) is -3.36. The molecule has 30 heteroatoms. The third-order valence-corrected chi connectivity index (χ3v) is 19.7. The van der Waals surface area contributed by atoms with Crippen molar-refractivity contribution in [3.05, 3.63) is 111 Å². The first kappa shape index (κ1) is 60.8. The molecule has 1 aromatic carbocycles. The minimum Gasteiger partial charge on any atom is -0.386 e. The summed E-state index contributed by atoms with van der Waals surface area (Å²) in [5, 5.41) is 34.9. The van der Waals surface area contributed by atoms with Crippen LogP contribution in [-0.2, 0) is 30.3 Å². The number of hydrogen-bond acceptors (Lipinski definition) is 22. The normalized spacial score (nSPS) is 16.7. The van der Waals surface area contributed by atoms with Crippen molar-refractivity contribution in [1.82, 2.24) is 56.2 Å². The number of methoxy groups -OCH3 is 1. The number of unbranched alkanes of at least 4 members (excludes halogenated alkanes) is 1. The highest BCUT2D eigenvalue weighted by atomic mass is 32.1. The minimum absolute atomic E-state index is 0.0231. The Bertz CT molecular complexity index is 3740. The number of anilines is 1. The Morgan fingerprint density at radius 1 is 0.747 bits per heavy atom. The third kappa shape index (κ3) is 15.0. The average Bonchev–Trinajstić information content (AvgIpc) is 4.41. The molecule has 0 saturated carbocycles. The Labute approximate surface area is 499 Å². The molecule has 23 nitrogen and oxygen atoms in total. The number of thiazole rings is 6. The number of benzene rings is 1. The number of nitrogens with zero attached hydrogens (tertiary/aromatic N) is 7. The molecule has 0 saturated heterocycles. The molecule has 1 aliphatic heterocycles. The number of amides is 5. The van der Waals surface area contributed by atoms with Crippen LogP contribution in [0.2, 0.25) is 0 Å². The Morgan fingerprint density at radius 3 is 2.20 bits per heavy atom. The van der Waals surface area contributed by atoms with Gasteiger partial charge < -0.3 is 46.2 Å². The van der Waals surface area contributed by atoms with Gasteiger partial charge in [-0.2, -0.15) is 0 Å². The lowest BCUT2D eigenvalue weighted by Gasteiger charge is -2.23. The fourth-order valence-corrected chi connectivity index (χ4v) is 14.9. The van der Waals surface area contributed by atoms with Gasteiger partial charge in [-0.05, 0) is 43.4 Å². The number of nitrogens with one attached hydrogen (secondary N) is 5. The maximum atomic E-state index is 14.3. The standard InChI is InChI=1S/C53H55N12O11PS6/c1-25(2)29-17-35(66)41-26(3)82-52(64-41)31(18-39(68)54-4)57-46(71)33-22-78-48(59-33)28-14-15-30(50-62-37(24-81-50)61-38(67)13-9-10-16-77(73,74)75)56-42(28)32-21-79-51(58-32)34-23-80-53(60-34)44(45(70)27-11-7-6-8-12-27)63-40(69)19-55-47(72)43-36(20-76-5)83-49(29)65-43/h6-8,11-12,14-15,21-25,29,31,44-45,70H,9-10,13,16-20H2,1-5H3,(H,54,68)(H,55,72)(H,57,71)(H,61,67)(H,63,69)(H2,73,74,75)/t29-,31+,44+,45+/m1/s1. The second-order valence-electron chi connectivity index (χ2n) is 19.3. The molecule has 10 bridgehead atoms. The van der Waals surface area contributed by atoms with Gasteiger partial charge in [0.15, 0.2) is 5.78 Å². The monoisotopic (exact) mass is 1260 g/mol. The summed E-state index contributed by atoms with van der Waals surface area (Å²) in [4.78, 5) is 136. The number of fused-ring (bicyclic) bond motifs is 14. The number of ketones is 1. The number of Topliss-reactive ketones (excluding diaryl/α,β-unsaturated/α-hetero) is 1. The van der Waals surface area contributed by atoms with Crippen molar-refractivity contribution in [2.75, 3.05) is 32.2 Å². The summed E-state index contributed by atoms with van der Waals surface area (Å²) in [6.07, 6.45) is -1.39. The molecule has 0 aliphatic carbocycles. The lowest BCUT2D eigenvalue weighted by molar-refractivity contribution is -0.122. The second kappa shape index (κ2) is 26.9. The largest absolute Gasteiger partial charge is 0.386 e. The summed E-state index contributed by atoms with van der Waals surface area (Å²) < 4.78 is 16.7. The molecule has 8 N–H and O–H groups in total. The lowest BCUT2D eigenvalue weighted by atomic mass is 9.90. The molecule has 0 spiro atoms. The molecular formula is C53H55N12O11PS6. The van der Waals surface area contributed by atoms with Crippen molar-refractivity contribution in [1.29, 1.82) is 0 Å². The summed E-state index contributed by atoms with van der Waals surface area (Å²) in [6, 6.07) is 10.2. The molecule has 0 unspecified atom stereocenters. The van der Waals surface area contributed by atoms with Crippen molar-refractivity contribution >= 4 is 117 Å². The van der Waals surface area contributed by atoms with E-state index in [2.05, 4.69) is 31.6 Å². The van der Waals surface area contributed by atoms with E-state index in [4.69, 9.17) is 34.6 Å². The number of aromatic nitrogens is 7. The van der Waals surface area contributed by atoms with Crippen molar-refractivity contribution in [3.8, 4) is 43.4 Å². The van der Waals surface area contributed by atoms with E-state index in [1.165, 1.54) is 82.2 Å². The van der Waals surface area contributed by atoms with Crippen LogP contribution in [-0.4, -0.2) is 112 Å². The van der Waals surface area contributed by atoms with Gasteiger partial charge in [0.1, 0.15) is 77.2 Å². The number of aryl methyl sites for hydroxylation is 1. The van der Waals surface area contributed by atoms with Gasteiger partial charge in [-0.25, -0.2) is 34.9 Å². The fraction of sp³-hybridized carbons (Fsp3) is 0.340. The Kier molecular flexibility index (Phi) is 19.7. The van der Waals surface area contributed by atoms with E-state index in [0.29, 0.717) is 73.7 Å². The molecule has 9 rings (SSSR count). The first-order valence-electron chi connectivity index (χ1n) is 25.8. The van der Waals surface area contributed by atoms with Crippen molar-refractivity contribution < 1.29 is 53.0 Å². The lowest BCUT2D eigenvalue weighted by Crippen LogP contribution is -2.40. The Hall–Kier alpha value is -6.76. The van der Waals surface area contributed by atoms with Gasteiger partial charge in [0.05, 0.1) is 41.2 Å². The number of carbonyl (C=O) groups is 6. The molecule has 8 aromatic rings. The molecule has 5 amide bonds. The predicted molar refractivity (Wildman–Crippen MR) is 318 cm³/mol. The molecule has 7 aromatic heterocycles. The number of aliphatic hydroxyl groups excluding tert-OH is 1. The highest BCUT2D eigenvalue weighted by Crippen LogP contribution is 2.41. The highest BCUT2D eigenvalue weighted by Gasteiger charge is 2.33. The van der Waals surface area contributed by atoms with Gasteiger partial charge in [0.2, 0.25) is 17.7 Å². The number of pyridine rings is 1. The molecular weight excluding hydrogens is 1200 g/mol. The van der Waals surface area contributed by atoms with Crippen LogP contribution in [0.4, 0.5) is 5.82 Å². The maximum absolute atomic E-state index is 14.3. The van der Waals surface area contributed by atoms with Crippen molar-refractivity contribution in [2.24, 2.45) is 5.92 Å².